The molecule has 0 rings (SSSR count). The Kier molecular flexibility index (Phi) is 35.4. The first-order valence-electron chi connectivity index (χ1n) is 1.29. The fourth-order valence-electron chi connectivity index (χ4n) is 0. The van der Waals surface area contributed by atoms with Crippen LogP contribution in [-0.2, 0) is 4.57 Å². The van der Waals surface area contributed by atoms with E-state index in [1.54, 1.807) is 6.92 Å². The van der Waals surface area contributed by atoms with Gasteiger partial charge in [-0.25, -0.2) is 0 Å². The van der Waals surface area contributed by atoms with Crippen molar-refractivity contribution in [2.75, 3.05) is 0 Å². The monoisotopic (exact) mass is 149 g/mol. The molecular formula is C2H7KO3P+. The van der Waals surface area contributed by atoms with Gasteiger partial charge in [0, 0.05) is 4.57 Å². The largest absolute Gasteiger partial charge is 1.00 e. The van der Waals surface area contributed by atoms with Crippen LogP contribution in [0.15, 0.2) is 0 Å². The maximum atomic E-state index is 8.70. The summed E-state index contributed by atoms with van der Waals surface area (Å²) in [6.07, 6.45) is 0. The second-order valence-corrected chi connectivity index (χ2v) is 0.758. The van der Waals surface area contributed by atoms with E-state index in [1.165, 1.54) is 0 Å². The molecule has 0 aromatic carbocycles. The van der Waals surface area contributed by atoms with Crippen LogP contribution in [0.4, 0.5) is 0 Å². The van der Waals surface area contributed by atoms with Crippen LogP contribution in [0.1, 0.15) is 6.92 Å². The first-order chi connectivity index (χ1) is 2.73. The van der Waals surface area contributed by atoms with Gasteiger partial charge in [-0.15, -0.1) is 9.79 Å². The molecule has 0 heterocycles. The van der Waals surface area contributed by atoms with Crippen molar-refractivity contribution in [2.24, 2.45) is 0 Å². The fraction of sp³-hybridized carbons (Fsp3) is 0.500. The van der Waals surface area contributed by atoms with Crippen LogP contribution < -0.4 is 51.4 Å². The van der Waals surface area contributed by atoms with E-state index in [9.17, 15) is 0 Å². The standard InChI is InChI=1S/C2H5.K.HO3P/c1-2;;1-4(2)3/h1H2,2H3;;(H-,1,2,3)/q-1;+1;/p+1. The molecule has 0 amide bonds. The molecule has 0 saturated heterocycles. The Bertz CT molecular complexity index is 35.9. The molecule has 0 atom stereocenters. The second kappa shape index (κ2) is 15.6. The molecule has 0 aliphatic heterocycles. The maximum Gasteiger partial charge on any atom is 1.00 e. The molecule has 7 heavy (non-hydrogen) atoms. The Morgan fingerprint density at radius 1 is 1.43 bits per heavy atom. The van der Waals surface area contributed by atoms with Gasteiger partial charge in [0.2, 0.25) is 0 Å². The summed E-state index contributed by atoms with van der Waals surface area (Å²) in [5.74, 6) is 0. The molecule has 0 aliphatic rings. The molecule has 38 valence electrons. The molecule has 0 bridgehead atoms. The van der Waals surface area contributed by atoms with Crippen molar-refractivity contribution in [3.63, 3.8) is 0 Å². The topological polar surface area (TPSA) is 57.5 Å². The van der Waals surface area contributed by atoms with Crippen molar-refractivity contribution in [1.29, 1.82) is 0 Å². The third-order valence-electron chi connectivity index (χ3n) is 0. The molecule has 0 spiro atoms. The van der Waals surface area contributed by atoms with Crippen LogP contribution in [0.5, 0.6) is 0 Å². The summed E-state index contributed by atoms with van der Waals surface area (Å²) in [6.45, 7) is 5.00. The van der Waals surface area contributed by atoms with Crippen LogP contribution in [0.25, 0.3) is 0 Å². The molecular weight excluding hydrogens is 142 g/mol. The van der Waals surface area contributed by atoms with Crippen LogP contribution >= 0.6 is 8.25 Å². The molecule has 0 saturated carbocycles. The minimum Gasteiger partial charge on any atom is -0.346 e. The van der Waals surface area contributed by atoms with Crippen molar-refractivity contribution in [3.8, 4) is 0 Å². The van der Waals surface area contributed by atoms with E-state index in [0.29, 0.717) is 0 Å². The molecule has 0 aromatic rings. The zero-order valence-electron chi connectivity index (χ0n) is 4.46. The molecule has 0 radical (unpaired) electrons. The van der Waals surface area contributed by atoms with Crippen molar-refractivity contribution < 1.29 is 65.7 Å². The minimum atomic E-state index is -2.87. The summed E-state index contributed by atoms with van der Waals surface area (Å²) in [4.78, 5) is 14.2. The van der Waals surface area contributed by atoms with Gasteiger partial charge in [0.1, 0.15) is 0 Å². The van der Waals surface area contributed by atoms with E-state index in [-0.39, 0.29) is 51.4 Å². The van der Waals surface area contributed by atoms with Crippen LogP contribution in [-0.4, -0.2) is 9.79 Å². The summed E-state index contributed by atoms with van der Waals surface area (Å²) in [5, 5.41) is 0. The van der Waals surface area contributed by atoms with Gasteiger partial charge in [-0.05, 0) is 0 Å². The van der Waals surface area contributed by atoms with Gasteiger partial charge in [0.15, 0.2) is 0 Å². The van der Waals surface area contributed by atoms with Crippen molar-refractivity contribution in [3.05, 3.63) is 6.92 Å². The molecule has 0 unspecified atom stereocenters. The fourth-order valence-corrected chi connectivity index (χ4v) is 0. The number of rotatable bonds is 0. The van der Waals surface area contributed by atoms with Gasteiger partial charge in [-0.2, -0.15) is 6.92 Å². The van der Waals surface area contributed by atoms with Gasteiger partial charge >= 0.3 is 59.6 Å². The average molecular weight is 149 g/mol. The predicted molar refractivity (Wildman–Crippen MR) is 23.1 cm³/mol. The zero-order valence-corrected chi connectivity index (χ0v) is 8.47. The molecule has 0 fully saturated rings. The molecule has 3 nitrogen and oxygen atoms in total. The normalized spacial score (nSPS) is 4.57. The van der Waals surface area contributed by atoms with Crippen LogP contribution in [0.3, 0.4) is 0 Å². The quantitative estimate of drug-likeness (QED) is 0.227. The average Bonchev–Trinajstić information content (AvgIpc) is 1.41. The summed E-state index contributed by atoms with van der Waals surface area (Å²) in [5.41, 5.74) is 0. The summed E-state index contributed by atoms with van der Waals surface area (Å²) < 4.78 is 8.70. The Hall–Kier alpha value is 1.66. The van der Waals surface area contributed by atoms with Crippen molar-refractivity contribution in [2.45, 2.75) is 6.92 Å². The Labute approximate surface area is 86.5 Å². The van der Waals surface area contributed by atoms with Crippen molar-refractivity contribution in [1.82, 2.24) is 0 Å². The summed E-state index contributed by atoms with van der Waals surface area (Å²) in [7, 11) is -2.87. The smallest absolute Gasteiger partial charge is 0.346 e. The Balaban J connectivity index is -0.0000000480. The summed E-state index contributed by atoms with van der Waals surface area (Å²) in [6, 6.07) is 0. The van der Waals surface area contributed by atoms with Gasteiger partial charge in [-0.3, -0.25) is 0 Å². The molecule has 5 heteroatoms. The predicted octanol–water partition coefficient (Wildman–Crippen LogP) is -2.53. The van der Waals surface area contributed by atoms with E-state index in [1.807, 2.05) is 0 Å². The van der Waals surface area contributed by atoms with Crippen LogP contribution in [0, 0.1) is 6.92 Å². The zero-order chi connectivity index (χ0) is 5.58. The van der Waals surface area contributed by atoms with E-state index in [0.717, 1.165) is 0 Å². The van der Waals surface area contributed by atoms with E-state index >= 15 is 0 Å². The van der Waals surface area contributed by atoms with Gasteiger partial charge < -0.3 is 6.92 Å². The third-order valence-corrected chi connectivity index (χ3v) is 0. The molecule has 0 aliphatic carbocycles. The minimum absolute atomic E-state index is 0. The third kappa shape index (κ3) is 89.3. The van der Waals surface area contributed by atoms with E-state index in [2.05, 4.69) is 6.92 Å². The van der Waals surface area contributed by atoms with Gasteiger partial charge in [0.25, 0.3) is 0 Å². The maximum absolute atomic E-state index is 8.70. The first-order valence-corrected chi connectivity index (χ1v) is 2.45. The second-order valence-electron chi connectivity index (χ2n) is 0.253. The number of hydrogen-bond donors (Lipinski definition) is 2. The Morgan fingerprint density at radius 2 is 1.43 bits per heavy atom. The van der Waals surface area contributed by atoms with E-state index < -0.39 is 8.25 Å². The number of hydrogen-bond acceptors (Lipinski definition) is 1. The SMILES string of the molecule is O=[P+](O)O.[CH2-]C.[K+]. The van der Waals surface area contributed by atoms with Gasteiger partial charge in [-0.1, -0.05) is 0 Å². The van der Waals surface area contributed by atoms with Gasteiger partial charge in [0.05, 0.1) is 0 Å². The molecule has 0 aromatic heterocycles. The van der Waals surface area contributed by atoms with Crippen LogP contribution in [0.2, 0.25) is 0 Å². The Morgan fingerprint density at radius 3 is 1.43 bits per heavy atom. The van der Waals surface area contributed by atoms with E-state index in [4.69, 9.17) is 14.4 Å². The van der Waals surface area contributed by atoms with Crippen molar-refractivity contribution >= 4 is 8.25 Å². The summed E-state index contributed by atoms with van der Waals surface area (Å²) >= 11 is 0. The molecule has 2 N–H and O–H groups in total. The first kappa shape index (κ1) is 15.9.